The summed E-state index contributed by atoms with van der Waals surface area (Å²) in [4.78, 5) is 25.9. The van der Waals surface area contributed by atoms with Gasteiger partial charge in [0.05, 0.1) is 28.6 Å². The summed E-state index contributed by atoms with van der Waals surface area (Å²) in [5, 5.41) is 10.2. The van der Waals surface area contributed by atoms with E-state index in [1.807, 2.05) is 25.2 Å². The highest BCUT2D eigenvalue weighted by atomic mass is 35.5. The Hall–Kier alpha value is -3.56. The minimum Gasteiger partial charge on any atom is -0.367 e. The molecule has 174 valence electrons. The third kappa shape index (κ3) is 4.08. The van der Waals surface area contributed by atoms with Crippen molar-refractivity contribution in [1.82, 2.24) is 30.4 Å². The molecule has 1 saturated heterocycles. The molecule has 0 aliphatic carbocycles. The first kappa shape index (κ1) is 22.2. The lowest BCUT2D eigenvalue weighted by Gasteiger charge is -2.39. The second-order valence-corrected chi connectivity index (χ2v) is 8.69. The molecule has 1 amide bonds. The summed E-state index contributed by atoms with van der Waals surface area (Å²) in [6, 6.07) is 9.82. The number of carbonyl (C=O) groups excluding carboxylic acids is 1. The average Bonchev–Trinajstić information content (AvgIpc) is 3.34. The molecule has 5 rings (SSSR count). The number of piperazine rings is 1. The van der Waals surface area contributed by atoms with Gasteiger partial charge in [-0.15, -0.1) is 0 Å². The Morgan fingerprint density at radius 1 is 1.18 bits per heavy atom. The van der Waals surface area contributed by atoms with Gasteiger partial charge < -0.3 is 10.2 Å². The third-order valence-electron chi connectivity index (χ3n) is 6.18. The molecule has 1 aromatic carbocycles. The Morgan fingerprint density at radius 2 is 2.03 bits per heavy atom. The van der Waals surface area contributed by atoms with E-state index in [9.17, 15) is 9.18 Å². The summed E-state index contributed by atoms with van der Waals surface area (Å²) in [5.41, 5.74) is 4.36. The van der Waals surface area contributed by atoms with Crippen LogP contribution in [-0.2, 0) is 4.79 Å². The summed E-state index contributed by atoms with van der Waals surface area (Å²) in [6.45, 7) is 2.09. The highest BCUT2D eigenvalue weighted by Crippen LogP contribution is 2.33. The van der Waals surface area contributed by atoms with Crippen LogP contribution in [0.5, 0.6) is 0 Å². The summed E-state index contributed by atoms with van der Waals surface area (Å²) >= 11 is 6.09. The Balaban J connectivity index is 1.50. The molecule has 4 aromatic rings. The zero-order chi connectivity index (χ0) is 23.8. The number of pyridine rings is 2. The zero-order valence-corrected chi connectivity index (χ0v) is 19.5. The zero-order valence-electron chi connectivity index (χ0n) is 18.7. The molecular weight excluding hydrogens is 457 g/mol. The fourth-order valence-corrected chi connectivity index (χ4v) is 4.42. The van der Waals surface area contributed by atoms with Gasteiger partial charge in [0.1, 0.15) is 17.6 Å². The molecule has 0 unspecified atom stereocenters. The van der Waals surface area contributed by atoms with Crippen molar-refractivity contribution in [3.63, 3.8) is 0 Å². The quantitative estimate of drug-likeness (QED) is 0.466. The van der Waals surface area contributed by atoms with E-state index in [1.54, 1.807) is 25.5 Å². The van der Waals surface area contributed by atoms with Crippen LogP contribution in [0.3, 0.4) is 0 Å². The van der Waals surface area contributed by atoms with Crippen molar-refractivity contribution in [2.24, 2.45) is 0 Å². The van der Waals surface area contributed by atoms with E-state index in [0.29, 0.717) is 39.6 Å². The average molecular weight is 480 g/mol. The van der Waals surface area contributed by atoms with Gasteiger partial charge in [0.15, 0.2) is 0 Å². The predicted octanol–water partition coefficient (Wildman–Crippen LogP) is 3.35. The number of nitrogens with one attached hydrogen (secondary N) is 2. The van der Waals surface area contributed by atoms with E-state index in [0.717, 1.165) is 24.3 Å². The van der Waals surface area contributed by atoms with Crippen LogP contribution in [0.2, 0.25) is 5.02 Å². The number of halogens is 2. The maximum absolute atomic E-state index is 14.5. The van der Waals surface area contributed by atoms with Gasteiger partial charge in [-0.1, -0.05) is 11.6 Å². The van der Waals surface area contributed by atoms with E-state index >= 15 is 0 Å². The van der Waals surface area contributed by atoms with Crippen LogP contribution in [0.25, 0.3) is 33.5 Å². The summed E-state index contributed by atoms with van der Waals surface area (Å²) in [7, 11) is 3.60. The smallest absolute Gasteiger partial charge is 0.238 e. The first-order valence-electron chi connectivity index (χ1n) is 10.9. The monoisotopic (exact) mass is 479 g/mol. The third-order valence-corrected chi connectivity index (χ3v) is 6.42. The molecule has 4 heterocycles. The Morgan fingerprint density at radius 3 is 2.85 bits per heavy atom. The Bertz CT molecular complexity index is 1370. The van der Waals surface area contributed by atoms with E-state index in [1.165, 1.54) is 12.1 Å². The van der Waals surface area contributed by atoms with Gasteiger partial charge in [0.2, 0.25) is 5.91 Å². The SMILES string of the molecule is CNC(=O)[C@H]1CN(c2cnc3ccc(-c4c[nH]nc4-c4cc(Cl)ccc4F)nc3c2)CCN1C. The molecule has 0 radical (unpaired) electrons. The van der Waals surface area contributed by atoms with Crippen LogP contribution in [0.15, 0.2) is 48.8 Å². The molecule has 34 heavy (non-hydrogen) atoms. The number of carbonyl (C=O) groups is 1. The second kappa shape index (κ2) is 9.00. The van der Waals surface area contributed by atoms with Crippen LogP contribution in [0.1, 0.15) is 0 Å². The summed E-state index contributed by atoms with van der Waals surface area (Å²) in [6.07, 6.45) is 3.50. The number of hydrogen-bond donors (Lipinski definition) is 2. The largest absolute Gasteiger partial charge is 0.367 e. The van der Waals surface area contributed by atoms with E-state index in [4.69, 9.17) is 16.6 Å². The minimum atomic E-state index is -0.414. The number of likely N-dealkylation sites (N-methyl/N-ethyl adjacent to an activating group) is 2. The molecule has 8 nitrogen and oxygen atoms in total. The van der Waals surface area contributed by atoms with Crippen LogP contribution in [-0.4, -0.2) is 70.7 Å². The van der Waals surface area contributed by atoms with Crippen molar-refractivity contribution in [3.8, 4) is 22.5 Å². The maximum atomic E-state index is 14.5. The Labute approximate surface area is 200 Å². The number of nitrogens with zero attached hydrogens (tertiary/aromatic N) is 5. The fourth-order valence-electron chi connectivity index (χ4n) is 4.25. The number of amides is 1. The van der Waals surface area contributed by atoms with Gasteiger partial charge >= 0.3 is 0 Å². The number of anilines is 1. The topological polar surface area (TPSA) is 90.0 Å². The number of aromatic nitrogens is 4. The Kier molecular flexibility index (Phi) is 5.89. The first-order valence-corrected chi connectivity index (χ1v) is 11.3. The number of benzene rings is 1. The number of rotatable bonds is 4. The highest BCUT2D eigenvalue weighted by Gasteiger charge is 2.29. The predicted molar refractivity (Wildman–Crippen MR) is 130 cm³/mol. The molecule has 0 bridgehead atoms. The van der Waals surface area contributed by atoms with E-state index < -0.39 is 5.82 Å². The minimum absolute atomic E-state index is 0.0119. The lowest BCUT2D eigenvalue weighted by Crippen LogP contribution is -2.57. The number of fused-ring (bicyclic) bond motifs is 1. The molecule has 3 aromatic heterocycles. The molecule has 1 atom stereocenters. The first-order chi connectivity index (χ1) is 16.4. The van der Waals surface area contributed by atoms with E-state index in [-0.39, 0.29) is 11.9 Å². The summed E-state index contributed by atoms with van der Waals surface area (Å²) < 4.78 is 14.5. The van der Waals surface area contributed by atoms with Gasteiger partial charge in [-0.2, -0.15) is 5.10 Å². The number of H-pyrrole nitrogens is 1. The van der Waals surface area contributed by atoms with Crippen molar-refractivity contribution in [2.45, 2.75) is 6.04 Å². The molecule has 1 aliphatic heterocycles. The van der Waals surface area contributed by atoms with Crippen molar-refractivity contribution in [3.05, 3.63) is 59.6 Å². The number of aromatic amines is 1. The summed E-state index contributed by atoms with van der Waals surface area (Å²) in [5.74, 6) is -0.426. The molecule has 0 spiro atoms. The van der Waals surface area contributed by atoms with Crippen molar-refractivity contribution >= 4 is 34.2 Å². The van der Waals surface area contributed by atoms with Crippen LogP contribution in [0.4, 0.5) is 10.1 Å². The molecule has 10 heteroatoms. The van der Waals surface area contributed by atoms with E-state index in [2.05, 4.69) is 30.3 Å². The molecular formula is C24H23ClFN7O. The second-order valence-electron chi connectivity index (χ2n) is 8.26. The van der Waals surface area contributed by atoms with Gasteiger partial charge in [-0.25, -0.2) is 9.37 Å². The molecule has 0 saturated carbocycles. The van der Waals surface area contributed by atoms with Crippen LogP contribution < -0.4 is 10.2 Å². The number of hydrogen-bond acceptors (Lipinski definition) is 6. The maximum Gasteiger partial charge on any atom is 0.238 e. The van der Waals surface area contributed by atoms with Gasteiger partial charge in [-0.05, 0) is 43.4 Å². The molecule has 2 N–H and O–H groups in total. The standard InChI is InChI=1S/C24H23ClFN7O/c1-27-24(34)22-13-33(8-7-32(22)2)15-10-21-20(28-11-15)6-5-19(30-21)17-12-29-31-23(17)16-9-14(25)3-4-18(16)26/h3-6,9-12,22H,7-8,13H2,1-2H3,(H,27,34)(H,29,31)/t22-/m1/s1. The lowest BCUT2D eigenvalue weighted by molar-refractivity contribution is -0.125. The fraction of sp³-hybridized carbons (Fsp3) is 0.250. The van der Waals surface area contributed by atoms with Crippen molar-refractivity contribution < 1.29 is 9.18 Å². The van der Waals surface area contributed by atoms with Crippen LogP contribution >= 0.6 is 11.6 Å². The van der Waals surface area contributed by atoms with Gasteiger partial charge in [-0.3, -0.25) is 19.8 Å². The molecule has 1 aliphatic rings. The van der Waals surface area contributed by atoms with Crippen molar-refractivity contribution in [1.29, 1.82) is 0 Å². The van der Waals surface area contributed by atoms with Gasteiger partial charge in [0.25, 0.3) is 0 Å². The normalized spacial score (nSPS) is 16.7. The van der Waals surface area contributed by atoms with Crippen molar-refractivity contribution in [2.75, 3.05) is 38.6 Å². The highest BCUT2D eigenvalue weighted by molar-refractivity contribution is 6.30. The van der Waals surface area contributed by atoms with Gasteiger partial charge in [0, 0.05) is 49.0 Å². The van der Waals surface area contributed by atoms with Crippen LogP contribution in [0, 0.1) is 5.82 Å². The lowest BCUT2D eigenvalue weighted by atomic mass is 10.0. The molecule has 1 fully saturated rings.